The van der Waals surface area contributed by atoms with Crippen LogP contribution in [0.5, 0.6) is 5.75 Å². The van der Waals surface area contributed by atoms with Crippen molar-refractivity contribution < 1.29 is 4.74 Å². The van der Waals surface area contributed by atoms with Gasteiger partial charge in [-0.1, -0.05) is 11.6 Å². The second kappa shape index (κ2) is 5.44. The molecule has 0 saturated carbocycles. The number of hydrogen-bond acceptors (Lipinski definition) is 3. The summed E-state index contributed by atoms with van der Waals surface area (Å²) in [7, 11) is 1.62. The van der Waals surface area contributed by atoms with Crippen molar-refractivity contribution in [2.75, 3.05) is 12.4 Å². The number of hydrogen-bond donors (Lipinski definition) is 1. The molecule has 2 aromatic rings. The molecule has 0 unspecified atom stereocenters. The minimum absolute atomic E-state index is 0.518. The third-order valence-corrected chi connectivity index (χ3v) is 2.78. The molecule has 0 atom stereocenters. The quantitative estimate of drug-likeness (QED) is 0.906. The fourth-order valence-electron chi connectivity index (χ4n) is 1.52. The van der Waals surface area contributed by atoms with Gasteiger partial charge in [-0.15, -0.1) is 0 Å². The highest BCUT2D eigenvalue weighted by Gasteiger charge is 2.02. The van der Waals surface area contributed by atoms with Crippen LogP contribution in [0.2, 0.25) is 5.02 Å². The second-order valence-corrected chi connectivity index (χ2v) is 4.07. The van der Waals surface area contributed by atoms with Crippen LogP contribution < -0.4 is 10.1 Å². The Bertz CT molecular complexity index is 588. The Morgan fingerprint density at radius 3 is 2.44 bits per heavy atom. The standard InChI is InChI=1S/C14H11ClN2O/c1-18-12-5-3-11(4-6-12)17-14-7-2-10(9-16)8-13(14)15/h2-8,17H,1H3. The van der Waals surface area contributed by atoms with Crippen molar-refractivity contribution in [3.05, 3.63) is 53.1 Å². The molecule has 4 heteroatoms. The molecule has 3 nitrogen and oxygen atoms in total. The third-order valence-electron chi connectivity index (χ3n) is 2.47. The van der Waals surface area contributed by atoms with Crippen LogP contribution in [0, 0.1) is 11.3 Å². The molecule has 0 spiro atoms. The van der Waals surface area contributed by atoms with Crippen LogP contribution in [0.3, 0.4) is 0 Å². The van der Waals surface area contributed by atoms with Gasteiger partial charge in [0.15, 0.2) is 0 Å². The summed E-state index contributed by atoms with van der Waals surface area (Å²) in [5.74, 6) is 0.798. The third kappa shape index (κ3) is 2.73. The summed E-state index contributed by atoms with van der Waals surface area (Å²) in [4.78, 5) is 0. The summed E-state index contributed by atoms with van der Waals surface area (Å²) in [6.07, 6.45) is 0. The second-order valence-electron chi connectivity index (χ2n) is 3.66. The van der Waals surface area contributed by atoms with E-state index in [1.165, 1.54) is 0 Å². The Kier molecular flexibility index (Phi) is 3.71. The Labute approximate surface area is 111 Å². The molecule has 0 radical (unpaired) electrons. The molecule has 0 aliphatic carbocycles. The number of nitrogens with one attached hydrogen (secondary N) is 1. The summed E-state index contributed by atoms with van der Waals surface area (Å²) in [5, 5.41) is 12.5. The molecule has 0 amide bonds. The molecule has 0 fully saturated rings. The van der Waals surface area contributed by atoms with Gasteiger partial charge >= 0.3 is 0 Å². The first-order valence-corrected chi connectivity index (χ1v) is 5.71. The molecule has 0 aromatic heterocycles. The smallest absolute Gasteiger partial charge is 0.119 e. The summed E-state index contributed by atoms with van der Waals surface area (Å²) >= 11 is 6.08. The predicted octanol–water partition coefficient (Wildman–Crippen LogP) is 3.96. The van der Waals surface area contributed by atoms with Crippen molar-refractivity contribution in [1.82, 2.24) is 0 Å². The zero-order valence-electron chi connectivity index (χ0n) is 9.77. The van der Waals surface area contributed by atoms with Crippen LogP contribution >= 0.6 is 11.6 Å². The number of nitrogens with zero attached hydrogens (tertiary/aromatic N) is 1. The largest absolute Gasteiger partial charge is 0.497 e. The van der Waals surface area contributed by atoms with Crippen molar-refractivity contribution in [2.24, 2.45) is 0 Å². The minimum Gasteiger partial charge on any atom is -0.497 e. The molecule has 0 bridgehead atoms. The van der Waals surface area contributed by atoms with Gasteiger partial charge in [0.05, 0.1) is 29.5 Å². The van der Waals surface area contributed by atoms with E-state index < -0.39 is 0 Å². The van der Waals surface area contributed by atoms with Crippen molar-refractivity contribution >= 4 is 23.0 Å². The molecule has 2 rings (SSSR count). The zero-order valence-corrected chi connectivity index (χ0v) is 10.5. The lowest BCUT2D eigenvalue weighted by atomic mass is 10.2. The van der Waals surface area contributed by atoms with Gasteiger partial charge in [0, 0.05) is 5.69 Å². The fraction of sp³-hybridized carbons (Fsp3) is 0.0714. The molecule has 1 N–H and O–H groups in total. The Morgan fingerprint density at radius 2 is 1.89 bits per heavy atom. The predicted molar refractivity (Wildman–Crippen MR) is 72.4 cm³/mol. The van der Waals surface area contributed by atoms with Gasteiger partial charge in [0.25, 0.3) is 0 Å². The lowest BCUT2D eigenvalue weighted by Crippen LogP contribution is -1.92. The van der Waals surface area contributed by atoms with Gasteiger partial charge in [0.2, 0.25) is 0 Å². The highest BCUT2D eigenvalue weighted by atomic mass is 35.5. The van der Waals surface area contributed by atoms with Gasteiger partial charge in [-0.05, 0) is 42.5 Å². The molecule has 0 aliphatic rings. The van der Waals surface area contributed by atoms with E-state index in [0.717, 1.165) is 17.1 Å². The lowest BCUT2D eigenvalue weighted by Gasteiger charge is -2.09. The van der Waals surface area contributed by atoms with Crippen LogP contribution in [-0.2, 0) is 0 Å². The number of nitriles is 1. The SMILES string of the molecule is COc1ccc(Nc2ccc(C#N)cc2Cl)cc1. The van der Waals surface area contributed by atoms with Gasteiger partial charge in [-0.3, -0.25) is 0 Å². The van der Waals surface area contributed by atoms with E-state index in [9.17, 15) is 0 Å². The highest BCUT2D eigenvalue weighted by molar-refractivity contribution is 6.33. The van der Waals surface area contributed by atoms with Crippen LogP contribution in [0.1, 0.15) is 5.56 Å². The van der Waals surface area contributed by atoms with Crippen molar-refractivity contribution in [1.29, 1.82) is 5.26 Å². The lowest BCUT2D eigenvalue weighted by molar-refractivity contribution is 0.415. The van der Waals surface area contributed by atoms with Crippen molar-refractivity contribution in [3.63, 3.8) is 0 Å². The minimum atomic E-state index is 0.518. The van der Waals surface area contributed by atoms with Crippen molar-refractivity contribution in [3.8, 4) is 11.8 Å². The summed E-state index contributed by atoms with van der Waals surface area (Å²) in [6.45, 7) is 0. The van der Waals surface area contributed by atoms with E-state index >= 15 is 0 Å². The molecule has 90 valence electrons. The maximum atomic E-state index is 8.76. The van der Waals surface area contributed by atoms with Crippen LogP contribution in [0.25, 0.3) is 0 Å². The number of anilines is 2. The number of rotatable bonds is 3. The average molecular weight is 259 g/mol. The van der Waals surface area contributed by atoms with Gasteiger partial charge in [0.1, 0.15) is 5.75 Å². The molecule has 18 heavy (non-hydrogen) atoms. The van der Waals surface area contributed by atoms with Crippen LogP contribution in [0.4, 0.5) is 11.4 Å². The number of methoxy groups -OCH3 is 1. The topological polar surface area (TPSA) is 45.0 Å². The molecular weight excluding hydrogens is 248 g/mol. The molecule has 0 aliphatic heterocycles. The average Bonchev–Trinajstić information content (AvgIpc) is 2.42. The van der Waals surface area contributed by atoms with Gasteiger partial charge < -0.3 is 10.1 Å². The van der Waals surface area contributed by atoms with Gasteiger partial charge in [-0.25, -0.2) is 0 Å². The maximum Gasteiger partial charge on any atom is 0.119 e. The normalized spacial score (nSPS) is 9.61. The van der Waals surface area contributed by atoms with E-state index in [0.29, 0.717) is 10.6 Å². The molecule has 2 aromatic carbocycles. The Hall–Kier alpha value is -2.18. The number of halogens is 1. The highest BCUT2D eigenvalue weighted by Crippen LogP contribution is 2.27. The molecular formula is C14H11ClN2O. The first-order chi connectivity index (χ1) is 8.72. The van der Waals surface area contributed by atoms with E-state index in [1.54, 1.807) is 25.3 Å². The number of ether oxygens (including phenoxy) is 1. The molecule has 0 heterocycles. The van der Waals surface area contributed by atoms with E-state index in [2.05, 4.69) is 5.32 Å². The first kappa shape index (κ1) is 12.3. The molecule has 0 saturated heterocycles. The van der Waals surface area contributed by atoms with Crippen LogP contribution in [0.15, 0.2) is 42.5 Å². The van der Waals surface area contributed by atoms with Gasteiger partial charge in [-0.2, -0.15) is 5.26 Å². The van der Waals surface area contributed by atoms with E-state index in [4.69, 9.17) is 21.6 Å². The summed E-state index contributed by atoms with van der Waals surface area (Å²) in [6, 6.07) is 14.7. The number of benzene rings is 2. The summed E-state index contributed by atoms with van der Waals surface area (Å²) < 4.78 is 5.08. The summed E-state index contributed by atoms with van der Waals surface area (Å²) in [5.41, 5.74) is 2.21. The first-order valence-electron chi connectivity index (χ1n) is 5.33. The van der Waals surface area contributed by atoms with E-state index in [-0.39, 0.29) is 0 Å². The Morgan fingerprint density at radius 1 is 1.17 bits per heavy atom. The van der Waals surface area contributed by atoms with E-state index in [1.807, 2.05) is 30.3 Å². The van der Waals surface area contributed by atoms with Crippen molar-refractivity contribution in [2.45, 2.75) is 0 Å². The van der Waals surface area contributed by atoms with Crippen LogP contribution in [-0.4, -0.2) is 7.11 Å². The fourth-order valence-corrected chi connectivity index (χ4v) is 1.74. The zero-order chi connectivity index (χ0) is 13.0. The monoisotopic (exact) mass is 258 g/mol. The Balaban J connectivity index is 2.20. The maximum absolute atomic E-state index is 8.76.